The first-order chi connectivity index (χ1) is 28.7. The number of nitrogens with one attached hydrogen (secondary N) is 2. The average Bonchev–Trinajstić information content (AvgIpc) is 3.73. The van der Waals surface area contributed by atoms with E-state index in [1.165, 1.54) is 14.0 Å². The third-order valence-corrected chi connectivity index (χ3v) is 13.0. The van der Waals surface area contributed by atoms with Crippen LogP contribution in [0.5, 0.6) is 0 Å². The molecule has 1 aromatic heterocycles. The van der Waals surface area contributed by atoms with Crippen LogP contribution in [0, 0.1) is 23.7 Å². The van der Waals surface area contributed by atoms with Crippen molar-refractivity contribution < 1.29 is 68.0 Å². The van der Waals surface area contributed by atoms with Crippen molar-refractivity contribution in [3.8, 4) is 0 Å². The van der Waals surface area contributed by atoms with E-state index < -0.39 is 102 Å². The van der Waals surface area contributed by atoms with E-state index >= 15 is 0 Å². The molecule has 0 unspecified atom stereocenters. The first-order valence-corrected chi connectivity index (χ1v) is 22.2. The molecule has 17 atom stereocenters. The van der Waals surface area contributed by atoms with Gasteiger partial charge in [-0.05, 0) is 79.4 Å². The van der Waals surface area contributed by atoms with E-state index in [9.17, 15) is 30.3 Å². The number of hydrogen-bond donors (Lipinski definition) is 7. The highest BCUT2D eigenvalue weighted by atomic mass is 16.7. The first-order valence-electron chi connectivity index (χ1n) is 22.2. The molecule has 0 spiro atoms. The molecule has 0 aliphatic carbocycles. The zero-order chi connectivity index (χ0) is 45.3. The Morgan fingerprint density at radius 3 is 2.26 bits per heavy atom. The van der Waals surface area contributed by atoms with Crippen LogP contribution in [0.1, 0.15) is 107 Å². The number of aliphatic hydroxyl groups is 5. The standard InChI is InChI=1S/C44H77N3O14/c1-12-33-44(10,53)37(49)27(4)35(47-56-21-19-45-17-18-46-24-31-14-13-20-55-31)25(2)22-42(8,52)39(61-41-32(48)16-15-26(3)57-41)28(5)36(29(6)40(51)59-33)60-34-23-43(9,54-11)38(50)30(7)58-34/h13-14,20,25-30,32-34,36-39,41,45-46,48-50,52-53H,12,15-19,21-24H2,1-11H3/b47-35+/t25-,26-,27+,28+,29-,30+,32+,33-,34+,36+,37+,38-,39+,41+,42-,43-,44-/m1/s1. The number of aliphatic hydroxyl groups excluding tert-OH is 3. The molecular formula is C44H77N3O14. The Morgan fingerprint density at radius 2 is 1.61 bits per heavy atom. The molecule has 3 saturated heterocycles. The molecule has 0 saturated carbocycles. The summed E-state index contributed by atoms with van der Waals surface area (Å²) in [5.41, 5.74) is -4.35. The van der Waals surface area contributed by atoms with E-state index in [0.717, 1.165) is 5.76 Å². The normalized spacial score (nSPS) is 42.8. The van der Waals surface area contributed by atoms with Crippen molar-refractivity contribution in [1.82, 2.24) is 10.6 Å². The summed E-state index contributed by atoms with van der Waals surface area (Å²) in [6, 6.07) is 3.74. The van der Waals surface area contributed by atoms with Crippen LogP contribution in [0.25, 0.3) is 0 Å². The highest BCUT2D eigenvalue weighted by Crippen LogP contribution is 2.41. The molecule has 0 amide bonds. The molecule has 17 heteroatoms. The summed E-state index contributed by atoms with van der Waals surface area (Å²) in [7, 11) is 1.50. The van der Waals surface area contributed by atoms with Crippen molar-refractivity contribution in [2.75, 3.05) is 33.4 Å². The summed E-state index contributed by atoms with van der Waals surface area (Å²) in [4.78, 5) is 20.2. The zero-order valence-electron chi connectivity index (χ0n) is 38.2. The lowest BCUT2D eigenvalue weighted by molar-refractivity contribution is -0.314. The van der Waals surface area contributed by atoms with Crippen LogP contribution >= 0.6 is 0 Å². The molecule has 4 rings (SSSR count). The molecule has 17 nitrogen and oxygen atoms in total. The van der Waals surface area contributed by atoms with E-state index in [-0.39, 0.29) is 32.0 Å². The van der Waals surface area contributed by atoms with Crippen molar-refractivity contribution >= 4 is 11.7 Å². The molecule has 352 valence electrons. The van der Waals surface area contributed by atoms with Gasteiger partial charge >= 0.3 is 5.97 Å². The number of cyclic esters (lactones) is 1. The van der Waals surface area contributed by atoms with Gasteiger partial charge in [-0.3, -0.25) is 4.79 Å². The van der Waals surface area contributed by atoms with Crippen LogP contribution in [0.4, 0.5) is 0 Å². The van der Waals surface area contributed by atoms with Crippen LogP contribution < -0.4 is 10.6 Å². The van der Waals surface area contributed by atoms with Gasteiger partial charge < -0.3 is 73.8 Å². The van der Waals surface area contributed by atoms with Gasteiger partial charge in [-0.1, -0.05) is 32.9 Å². The minimum atomic E-state index is -1.95. The largest absolute Gasteiger partial charge is 0.468 e. The van der Waals surface area contributed by atoms with Crippen molar-refractivity contribution in [2.45, 2.75) is 186 Å². The molecule has 0 bridgehead atoms. The van der Waals surface area contributed by atoms with Gasteiger partial charge in [0.05, 0.1) is 66.2 Å². The molecule has 0 radical (unpaired) electrons. The second-order valence-electron chi connectivity index (χ2n) is 18.3. The molecule has 3 aliphatic heterocycles. The molecule has 1 aromatic rings. The Labute approximate surface area is 362 Å². The Bertz CT molecular complexity index is 1500. The number of rotatable bonds is 15. The van der Waals surface area contributed by atoms with E-state index in [2.05, 4.69) is 15.8 Å². The summed E-state index contributed by atoms with van der Waals surface area (Å²) in [5.74, 6) is -3.13. The minimum Gasteiger partial charge on any atom is -0.468 e. The van der Waals surface area contributed by atoms with Crippen LogP contribution in [-0.4, -0.2) is 149 Å². The fraction of sp³-hybridized carbons (Fsp3) is 0.864. The van der Waals surface area contributed by atoms with Crippen LogP contribution in [0.15, 0.2) is 28.0 Å². The van der Waals surface area contributed by atoms with E-state index in [1.54, 1.807) is 54.7 Å². The second-order valence-corrected chi connectivity index (χ2v) is 18.3. The number of hydrogen-bond acceptors (Lipinski definition) is 17. The molecule has 0 aromatic carbocycles. The molecule has 7 N–H and O–H groups in total. The van der Waals surface area contributed by atoms with E-state index in [0.29, 0.717) is 44.7 Å². The number of nitrogens with zero attached hydrogens (tertiary/aromatic N) is 1. The van der Waals surface area contributed by atoms with Gasteiger partial charge in [-0.25, -0.2) is 0 Å². The highest BCUT2D eigenvalue weighted by Gasteiger charge is 2.53. The summed E-state index contributed by atoms with van der Waals surface area (Å²) >= 11 is 0. The summed E-state index contributed by atoms with van der Waals surface area (Å²) in [6.45, 7) is 19.7. The number of carbonyl (C=O) groups is 1. The quantitative estimate of drug-likeness (QED) is 0.0763. The predicted octanol–water partition coefficient (Wildman–Crippen LogP) is 3.02. The van der Waals surface area contributed by atoms with Crippen molar-refractivity contribution in [3.63, 3.8) is 0 Å². The van der Waals surface area contributed by atoms with Crippen LogP contribution in [-0.2, 0) is 44.6 Å². The third-order valence-electron chi connectivity index (χ3n) is 13.0. The fourth-order valence-electron chi connectivity index (χ4n) is 9.16. The lowest BCUT2D eigenvalue weighted by Crippen LogP contribution is -2.60. The highest BCUT2D eigenvalue weighted by molar-refractivity contribution is 5.88. The number of ether oxygens (including phenoxy) is 6. The average molecular weight is 872 g/mol. The first kappa shape index (κ1) is 51.4. The number of carbonyl (C=O) groups excluding carboxylic acids is 1. The van der Waals surface area contributed by atoms with Gasteiger partial charge in [0.25, 0.3) is 0 Å². The number of methoxy groups -OCH3 is 1. The molecular weight excluding hydrogens is 794 g/mol. The topological polar surface area (TPSA) is 232 Å². The summed E-state index contributed by atoms with van der Waals surface area (Å²) < 4.78 is 42.8. The van der Waals surface area contributed by atoms with Gasteiger partial charge in [0.1, 0.15) is 36.3 Å². The SMILES string of the molecule is CC[C@H]1OC(=O)[C@H](C)[C@@H](O[C@H]2C[C@@](C)(OC)[C@H](O)[C@H](C)O2)[C@H](C)[C@H](O[C@@H]2O[C@H](C)CC[C@@H]2O)[C@](C)(O)C[C@@H](C)/C(=N\OCCNCCNCc2ccco2)[C@H](C)[C@H](O)[C@]1(C)O. The lowest BCUT2D eigenvalue weighted by atomic mass is 9.73. The van der Waals surface area contributed by atoms with Gasteiger partial charge in [0, 0.05) is 50.9 Å². The number of esters is 1. The second kappa shape index (κ2) is 22.6. The zero-order valence-corrected chi connectivity index (χ0v) is 38.2. The van der Waals surface area contributed by atoms with E-state index in [1.807, 2.05) is 26.0 Å². The van der Waals surface area contributed by atoms with Gasteiger partial charge in [-0.15, -0.1) is 0 Å². The minimum absolute atomic E-state index is 0.00894. The third kappa shape index (κ3) is 13.2. The maximum Gasteiger partial charge on any atom is 0.311 e. The predicted molar refractivity (Wildman–Crippen MR) is 225 cm³/mol. The maximum atomic E-state index is 14.3. The molecule has 3 aliphatic rings. The molecule has 3 fully saturated rings. The summed E-state index contributed by atoms with van der Waals surface area (Å²) in [5, 5.41) is 69.9. The smallest absolute Gasteiger partial charge is 0.311 e. The van der Waals surface area contributed by atoms with Crippen molar-refractivity contribution in [3.05, 3.63) is 24.2 Å². The van der Waals surface area contributed by atoms with Gasteiger partial charge in [-0.2, -0.15) is 0 Å². The Kier molecular flexibility index (Phi) is 19.0. The van der Waals surface area contributed by atoms with Crippen LogP contribution in [0.2, 0.25) is 0 Å². The lowest BCUT2D eigenvalue weighted by Gasteiger charge is -2.48. The number of oxime groups is 1. The van der Waals surface area contributed by atoms with Gasteiger partial charge in [0.2, 0.25) is 0 Å². The van der Waals surface area contributed by atoms with E-state index in [4.69, 9.17) is 37.7 Å². The van der Waals surface area contributed by atoms with Crippen molar-refractivity contribution in [1.29, 1.82) is 0 Å². The Hall–Kier alpha value is -2.26. The Balaban J connectivity index is 1.69. The Morgan fingerprint density at radius 1 is 0.902 bits per heavy atom. The summed E-state index contributed by atoms with van der Waals surface area (Å²) in [6.07, 6.45) is -6.86. The monoisotopic (exact) mass is 872 g/mol. The van der Waals surface area contributed by atoms with Crippen molar-refractivity contribution in [2.24, 2.45) is 28.8 Å². The fourth-order valence-corrected chi connectivity index (χ4v) is 9.16. The van der Waals surface area contributed by atoms with Gasteiger partial charge in [0.15, 0.2) is 12.6 Å². The van der Waals surface area contributed by atoms with Crippen LogP contribution in [0.3, 0.4) is 0 Å². The maximum absolute atomic E-state index is 14.3. The number of furan rings is 1. The molecule has 4 heterocycles. The molecule has 61 heavy (non-hydrogen) atoms.